The van der Waals surface area contributed by atoms with Crippen molar-refractivity contribution < 1.29 is 17.6 Å². The lowest BCUT2D eigenvalue weighted by atomic mass is 10.1. The quantitative estimate of drug-likeness (QED) is 0.878. The van der Waals surface area contributed by atoms with Gasteiger partial charge in [0.05, 0.1) is 17.4 Å². The molecule has 7 heteroatoms. The fraction of sp³-hybridized carbons (Fsp3) is 0.143. The van der Waals surface area contributed by atoms with Crippen LogP contribution in [0.5, 0.6) is 0 Å². The second kappa shape index (κ2) is 5.79. The lowest BCUT2D eigenvalue weighted by Gasteiger charge is -2.11. The van der Waals surface area contributed by atoms with Gasteiger partial charge in [0.2, 0.25) is 0 Å². The van der Waals surface area contributed by atoms with Crippen LogP contribution >= 0.6 is 0 Å². The number of alkyl halides is 3. The maximum atomic E-state index is 13.1. The molecule has 0 aliphatic rings. The van der Waals surface area contributed by atoms with E-state index in [-0.39, 0.29) is 17.8 Å². The van der Waals surface area contributed by atoms with Crippen LogP contribution in [-0.2, 0) is 12.7 Å². The number of aromatic nitrogens is 1. The van der Waals surface area contributed by atoms with Crippen LogP contribution in [0, 0.1) is 17.1 Å². The number of benzene rings is 1. The Labute approximate surface area is 117 Å². The van der Waals surface area contributed by atoms with E-state index in [1.807, 2.05) is 6.07 Å². The first-order valence-electron chi connectivity index (χ1n) is 5.86. The first-order chi connectivity index (χ1) is 9.90. The monoisotopic (exact) mass is 295 g/mol. The molecule has 1 N–H and O–H groups in total. The Morgan fingerprint density at radius 2 is 1.95 bits per heavy atom. The van der Waals surface area contributed by atoms with Gasteiger partial charge in [0.25, 0.3) is 0 Å². The van der Waals surface area contributed by atoms with Crippen molar-refractivity contribution >= 4 is 5.69 Å². The third-order valence-electron chi connectivity index (χ3n) is 2.71. The summed E-state index contributed by atoms with van der Waals surface area (Å²) in [5.74, 6) is -1.30. The van der Waals surface area contributed by atoms with Gasteiger partial charge in [-0.05, 0) is 29.8 Å². The van der Waals surface area contributed by atoms with Gasteiger partial charge < -0.3 is 5.32 Å². The van der Waals surface area contributed by atoms with E-state index in [9.17, 15) is 17.6 Å². The molecule has 1 heterocycles. The van der Waals surface area contributed by atoms with E-state index >= 15 is 0 Å². The minimum absolute atomic E-state index is 0.0803. The van der Waals surface area contributed by atoms with Gasteiger partial charge in [0.15, 0.2) is 0 Å². The smallest absolute Gasteiger partial charge is 0.380 e. The Bertz CT molecular complexity index is 672. The maximum Gasteiger partial charge on any atom is 0.419 e. The van der Waals surface area contributed by atoms with Gasteiger partial charge in [-0.15, -0.1) is 0 Å². The summed E-state index contributed by atoms with van der Waals surface area (Å²) in [5.41, 5.74) is -0.221. The van der Waals surface area contributed by atoms with Crippen LogP contribution in [0.3, 0.4) is 0 Å². The molecule has 0 aliphatic heterocycles. The van der Waals surface area contributed by atoms with Crippen molar-refractivity contribution in [1.29, 1.82) is 5.26 Å². The Hall–Kier alpha value is -2.62. The van der Waals surface area contributed by atoms with E-state index in [1.165, 1.54) is 18.3 Å². The number of hydrogen-bond donors (Lipinski definition) is 1. The summed E-state index contributed by atoms with van der Waals surface area (Å²) in [7, 11) is 0. The third-order valence-corrected chi connectivity index (χ3v) is 2.71. The fourth-order valence-electron chi connectivity index (χ4n) is 1.67. The van der Waals surface area contributed by atoms with E-state index in [1.54, 1.807) is 6.07 Å². The molecule has 108 valence electrons. The number of nitrogens with one attached hydrogen (secondary N) is 1. The van der Waals surface area contributed by atoms with Crippen molar-refractivity contribution in [3.8, 4) is 6.07 Å². The number of nitrogens with zero attached hydrogens (tertiary/aromatic N) is 2. The number of anilines is 1. The fourth-order valence-corrected chi connectivity index (χ4v) is 1.67. The zero-order valence-electron chi connectivity index (χ0n) is 10.6. The topological polar surface area (TPSA) is 48.7 Å². The number of hydrogen-bond acceptors (Lipinski definition) is 3. The van der Waals surface area contributed by atoms with Gasteiger partial charge in [-0.25, -0.2) is 9.37 Å². The van der Waals surface area contributed by atoms with Gasteiger partial charge in [0.1, 0.15) is 17.6 Å². The van der Waals surface area contributed by atoms with E-state index < -0.39 is 17.6 Å². The van der Waals surface area contributed by atoms with E-state index in [4.69, 9.17) is 5.26 Å². The first-order valence-corrected chi connectivity index (χ1v) is 5.86. The highest BCUT2D eigenvalue weighted by Crippen LogP contribution is 2.32. The summed E-state index contributed by atoms with van der Waals surface area (Å²) < 4.78 is 50.9. The molecule has 0 spiro atoms. The second-order valence-electron chi connectivity index (χ2n) is 4.21. The average Bonchev–Trinajstić information content (AvgIpc) is 2.45. The van der Waals surface area contributed by atoms with Crippen molar-refractivity contribution in [2.75, 3.05) is 5.32 Å². The van der Waals surface area contributed by atoms with E-state index in [0.717, 1.165) is 12.1 Å². The van der Waals surface area contributed by atoms with Crippen LogP contribution in [0.4, 0.5) is 23.2 Å². The molecule has 1 aromatic heterocycles. The zero-order valence-corrected chi connectivity index (χ0v) is 10.6. The van der Waals surface area contributed by atoms with Gasteiger partial charge in [0, 0.05) is 6.54 Å². The normalized spacial score (nSPS) is 11.0. The number of nitriles is 1. The molecule has 21 heavy (non-hydrogen) atoms. The van der Waals surface area contributed by atoms with Crippen LogP contribution in [0.2, 0.25) is 0 Å². The molecule has 0 unspecified atom stereocenters. The Morgan fingerprint density at radius 3 is 2.52 bits per heavy atom. The standard InChI is InChI=1S/C14H9F4N3/c15-13-4-1-9(5-12(13)14(16,17)18)7-20-11-3-2-10(6-19)21-8-11/h1-5,8,20H,7H2. The lowest BCUT2D eigenvalue weighted by molar-refractivity contribution is -0.140. The summed E-state index contributed by atoms with van der Waals surface area (Å²) >= 11 is 0. The minimum Gasteiger partial charge on any atom is -0.380 e. The van der Waals surface area contributed by atoms with Crippen LogP contribution in [0.15, 0.2) is 36.5 Å². The molecule has 0 saturated carbocycles. The van der Waals surface area contributed by atoms with Crippen molar-refractivity contribution in [3.63, 3.8) is 0 Å². The van der Waals surface area contributed by atoms with Gasteiger partial charge >= 0.3 is 6.18 Å². The van der Waals surface area contributed by atoms with E-state index in [2.05, 4.69) is 10.3 Å². The summed E-state index contributed by atoms with van der Waals surface area (Å²) in [4.78, 5) is 3.82. The minimum atomic E-state index is -4.73. The Kier molecular flexibility index (Phi) is 4.08. The van der Waals surface area contributed by atoms with Crippen molar-refractivity contribution in [2.24, 2.45) is 0 Å². The molecule has 3 nitrogen and oxygen atoms in total. The molecule has 0 fully saturated rings. The maximum absolute atomic E-state index is 13.1. The SMILES string of the molecule is N#Cc1ccc(NCc2ccc(F)c(C(F)(F)F)c2)cn1. The molecule has 2 rings (SSSR count). The summed E-state index contributed by atoms with van der Waals surface area (Å²) in [6.45, 7) is 0.0803. The average molecular weight is 295 g/mol. The van der Waals surface area contributed by atoms with Crippen molar-refractivity contribution in [1.82, 2.24) is 4.98 Å². The molecule has 0 aliphatic carbocycles. The molecule has 0 amide bonds. The van der Waals surface area contributed by atoms with Gasteiger partial charge in [-0.2, -0.15) is 18.4 Å². The molecule has 0 bridgehead atoms. The van der Waals surface area contributed by atoms with Gasteiger partial charge in [-0.3, -0.25) is 0 Å². The van der Waals surface area contributed by atoms with Crippen LogP contribution in [-0.4, -0.2) is 4.98 Å². The number of halogens is 4. The van der Waals surface area contributed by atoms with Crippen molar-refractivity contribution in [3.05, 3.63) is 59.2 Å². The molecule has 0 radical (unpaired) electrons. The van der Waals surface area contributed by atoms with Crippen LogP contribution < -0.4 is 5.32 Å². The molecule has 2 aromatic rings. The molecular weight excluding hydrogens is 286 g/mol. The summed E-state index contributed by atoms with van der Waals surface area (Å²) in [6, 6.07) is 7.74. The number of rotatable bonds is 3. The highest BCUT2D eigenvalue weighted by atomic mass is 19.4. The predicted molar refractivity (Wildman–Crippen MR) is 67.7 cm³/mol. The highest BCUT2D eigenvalue weighted by molar-refractivity contribution is 5.43. The lowest BCUT2D eigenvalue weighted by Crippen LogP contribution is -2.10. The molecule has 1 aromatic carbocycles. The van der Waals surface area contributed by atoms with Crippen LogP contribution in [0.1, 0.15) is 16.8 Å². The van der Waals surface area contributed by atoms with E-state index in [0.29, 0.717) is 5.69 Å². The molecule has 0 saturated heterocycles. The van der Waals surface area contributed by atoms with Crippen molar-refractivity contribution in [2.45, 2.75) is 12.7 Å². The van der Waals surface area contributed by atoms with Crippen LogP contribution in [0.25, 0.3) is 0 Å². The highest BCUT2D eigenvalue weighted by Gasteiger charge is 2.34. The second-order valence-corrected chi connectivity index (χ2v) is 4.21. The molecule has 0 atom stereocenters. The third kappa shape index (κ3) is 3.69. The summed E-state index contributed by atoms with van der Waals surface area (Å²) in [6.07, 6.45) is -3.33. The summed E-state index contributed by atoms with van der Waals surface area (Å²) in [5, 5.41) is 11.4. The Balaban J connectivity index is 2.11. The first kappa shape index (κ1) is 14.8. The zero-order chi connectivity index (χ0) is 15.5. The number of pyridine rings is 1. The Morgan fingerprint density at radius 1 is 1.19 bits per heavy atom. The molecular formula is C14H9F4N3. The predicted octanol–water partition coefficient (Wildman–Crippen LogP) is 3.72. The van der Waals surface area contributed by atoms with Gasteiger partial charge in [-0.1, -0.05) is 6.07 Å². The largest absolute Gasteiger partial charge is 0.419 e.